The van der Waals surface area contributed by atoms with E-state index in [0.717, 1.165) is 0 Å². The summed E-state index contributed by atoms with van der Waals surface area (Å²) in [5, 5.41) is 8.34. The molecule has 13 heavy (non-hydrogen) atoms. The first kappa shape index (κ1) is 10.2. The van der Waals surface area contributed by atoms with Crippen LogP contribution in [-0.4, -0.2) is 10.5 Å². The van der Waals surface area contributed by atoms with E-state index in [-0.39, 0.29) is 0 Å². The fourth-order valence-corrected chi connectivity index (χ4v) is 3.08. The predicted molar refractivity (Wildman–Crippen MR) is 54.5 cm³/mol. The lowest BCUT2D eigenvalue weighted by Crippen LogP contribution is -1.97. The molecule has 0 radical (unpaired) electrons. The van der Waals surface area contributed by atoms with Crippen molar-refractivity contribution in [2.45, 2.75) is 4.90 Å². The lowest BCUT2D eigenvalue weighted by Gasteiger charge is -2.03. The van der Waals surface area contributed by atoms with Crippen LogP contribution in [0.2, 0.25) is 0 Å². The molecule has 5 heteroatoms. The van der Waals surface area contributed by atoms with Gasteiger partial charge in [-0.25, -0.2) is 4.21 Å². The summed E-state index contributed by atoms with van der Waals surface area (Å²) in [6.45, 7) is 0. The topological polar surface area (TPSA) is 53.2 Å². The molecular formula is C8H7BrN2OS. The van der Waals surface area contributed by atoms with Crippen LogP contribution in [0.1, 0.15) is 0 Å². The smallest absolute Gasteiger partial charge is 0.214 e. The Labute approximate surface area is 85.7 Å². The Balaban J connectivity index is 3.42. The molecule has 0 aromatic heterocycles. The summed E-state index contributed by atoms with van der Waals surface area (Å²) < 4.78 is 15.9. The third-order valence-electron chi connectivity index (χ3n) is 1.46. The van der Waals surface area contributed by atoms with E-state index in [1.165, 1.54) is 6.26 Å². The second kappa shape index (κ2) is 3.90. The fraction of sp³-hybridized carbons (Fsp3) is 0.125. The van der Waals surface area contributed by atoms with E-state index >= 15 is 0 Å². The first-order valence-electron chi connectivity index (χ1n) is 3.43. The second-order valence-corrected chi connectivity index (χ2v) is 5.51. The normalized spacial score (nSPS) is 14.2. The third-order valence-corrected chi connectivity index (χ3v) is 4.02. The molecule has 1 aromatic carbocycles. The van der Waals surface area contributed by atoms with E-state index < -0.39 is 9.73 Å². The molecule has 0 saturated carbocycles. The van der Waals surface area contributed by atoms with Crippen LogP contribution in [-0.2, 0) is 9.73 Å². The van der Waals surface area contributed by atoms with Gasteiger partial charge in [-0.3, -0.25) is 0 Å². The number of hydrogen-bond donors (Lipinski definition) is 0. The molecule has 0 aliphatic carbocycles. The van der Waals surface area contributed by atoms with Crippen molar-refractivity contribution in [1.82, 2.24) is 0 Å². The van der Waals surface area contributed by atoms with Crippen LogP contribution in [0.25, 0.3) is 0 Å². The lowest BCUT2D eigenvalue weighted by atomic mass is 10.4. The lowest BCUT2D eigenvalue weighted by molar-refractivity contribution is 0.680. The quantitative estimate of drug-likeness (QED) is 0.727. The van der Waals surface area contributed by atoms with Gasteiger partial charge in [0.2, 0.25) is 6.19 Å². The van der Waals surface area contributed by atoms with Gasteiger partial charge in [0.1, 0.15) is 0 Å². The predicted octanol–water partition coefficient (Wildman–Crippen LogP) is 2.39. The molecule has 0 N–H and O–H groups in total. The molecule has 3 nitrogen and oxygen atoms in total. The molecule has 0 heterocycles. The van der Waals surface area contributed by atoms with Crippen LogP contribution in [0.3, 0.4) is 0 Å². The minimum atomic E-state index is -2.57. The highest BCUT2D eigenvalue weighted by Crippen LogP contribution is 2.22. The van der Waals surface area contributed by atoms with Gasteiger partial charge in [-0.1, -0.05) is 12.1 Å². The van der Waals surface area contributed by atoms with Crippen molar-refractivity contribution in [3.05, 3.63) is 28.7 Å². The van der Waals surface area contributed by atoms with Gasteiger partial charge in [0.25, 0.3) is 0 Å². The Hall–Kier alpha value is -0.860. The van der Waals surface area contributed by atoms with E-state index in [9.17, 15) is 4.21 Å². The van der Waals surface area contributed by atoms with Gasteiger partial charge in [-0.2, -0.15) is 5.26 Å². The van der Waals surface area contributed by atoms with Gasteiger partial charge in [-0.15, -0.1) is 4.36 Å². The van der Waals surface area contributed by atoms with Crippen molar-refractivity contribution in [2.24, 2.45) is 4.36 Å². The van der Waals surface area contributed by atoms with E-state index in [2.05, 4.69) is 20.3 Å². The summed E-state index contributed by atoms with van der Waals surface area (Å²) in [5.74, 6) is 0. The van der Waals surface area contributed by atoms with E-state index in [4.69, 9.17) is 5.26 Å². The van der Waals surface area contributed by atoms with Crippen molar-refractivity contribution < 1.29 is 4.21 Å². The van der Waals surface area contributed by atoms with Crippen molar-refractivity contribution in [3.8, 4) is 6.19 Å². The molecule has 1 unspecified atom stereocenters. The van der Waals surface area contributed by atoms with Gasteiger partial charge in [0.15, 0.2) is 0 Å². The highest BCUT2D eigenvalue weighted by molar-refractivity contribution is 9.10. The van der Waals surface area contributed by atoms with E-state index in [1.54, 1.807) is 24.4 Å². The summed E-state index contributed by atoms with van der Waals surface area (Å²) >= 11 is 3.25. The zero-order valence-electron chi connectivity index (χ0n) is 6.90. The minimum absolute atomic E-state index is 0.552. The molecule has 1 atom stereocenters. The van der Waals surface area contributed by atoms with Gasteiger partial charge in [-0.05, 0) is 28.1 Å². The van der Waals surface area contributed by atoms with Crippen molar-refractivity contribution in [1.29, 1.82) is 5.26 Å². The third kappa shape index (κ3) is 2.29. The monoisotopic (exact) mass is 258 g/mol. The molecule has 0 aliphatic rings. The highest BCUT2D eigenvalue weighted by atomic mass is 79.9. The van der Waals surface area contributed by atoms with Gasteiger partial charge >= 0.3 is 0 Å². The van der Waals surface area contributed by atoms with Gasteiger partial charge in [0.05, 0.1) is 14.6 Å². The molecule has 0 spiro atoms. The number of hydrogen-bond acceptors (Lipinski definition) is 3. The van der Waals surface area contributed by atoms with Crippen LogP contribution >= 0.6 is 15.9 Å². The molecular weight excluding hydrogens is 252 g/mol. The molecule has 1 rings (SSSR count). The Morgan fingerprint density at radius 1 is 1.54 bits per heavy atom. The Morgan fingerprint density at radius 3 is 2.69 bits per heavy atom. The zero-order chi connectivity index (χ0) is 9.90. The number of halogens is 1. The Morgan fingerprint density at radius 2 is 2.15 bits per heavy atom. The van der Waals surface area contributed by atoms with E-state index in [0.29, 0.717) is 9.37 Å². The first-order valence-corrected chi connectivity index (χ1v) is 6.14. The van der Waals surface area contributed by atoms with Crippen molar-refractivity contribution in [2.75, 3.05) is 6.26 Å². The fourth-order valence-electron chi connectivity index (χ4n) is 0.879. The number of benzene rings is 1. The summed E-state index contributed by atoms with van der Waals surface area (Å²) in [7, 11) is -2.57. The summed E-state index contributed by atoms with van der Waals surface area (Å²) in [4.78, 5) is 0.552. The van der Waals surface area contributed by atoms with Crippen LogP contribution in [0, 0.1) is 11.5 Å². The van der Waals surface area contributed by atoms with Gasteiger partial charge in [0, 0.05) is 10.7 Å². The average Bonchev–Trinajstić information content (AvgIpc) is 2.04. The molecule has 0 bridgehead atoms. The van der Waals surface area contributed by atoms with Crippen molar-refractivity contribution >= 4 is 25.7 Å². The number of rotatable bonds is 1. The van der Waals surface area contributed by atoms with Crippen molar-refractivity contribution in [3.63, 3.8) is 0 Å². The molecule has 0 fully saturated rings. The molecule has 0 saturated heterocycles. The standard InChI is InChI=1S/C8H7BrN2OS/c1-13(12,11-6-10)8-5-3-2-4-7(8)9/h2-5H,1H3. The molecule has 68 valence electrons. The largest absolute Gasteiger partial charge is 0.244 e. The van der Waals surface area contributed by atoms with Crippen LogP contribution < -0.4 is 0 Å². The molecule has 1 aromatic rings. The Bertz CT molecular complexity index is 469. The Kier molecular flexibility index (Phi) is 3.07. The first-order chi connectivity index (χ1) is 6.08. The minimum Gasteiger partial charge on any atom is -0.244 e. The SMILES string of the molecule is CS(=O)(=NC#N)c1ccccc1Br. The second-order valence-electron chi connectivity index (χ2n) is 2.42. The van der Waals surface area contributed by atoms with E-state index in [1.807, 2.05) is 6.07 Å². The maximum atomic E-state index is 11.8. The highest BCUT2D eigenvalue weighted by Gasteiger charge is 2.08. The summed E-state index contributed by atoms with van der Waals surface area (Å²) in [5.41, 5.74) is 0. The average molecular weight is 259 g/mol. The zero-order valence-corrected chi connectivity index (χ0v) is 9.30. The maximum absolute atomic E-state index is 11.8. The van der Waals surface area contributed by atoms with Crippen LogP contribution in [0.4, 0.5) is 0 Å². The van der Waals surface area contributed by atoms with Crippen LogP contribution in [0.15, 0.2) is 38.0 Å². The number of nitriles is 1. The van der Waals surface area contributed by atoms with Crippen LogP contribution in [0.5, 0.6) is 0 Å². The molecule has 0 aliphatic heterocycles. The maximum Gasteiger partial charge on any atom is 0.214 e. The number of nitrogens with zero attached hydrogens (tertiary/aromatic N) is 2. The summed E-state index contributed by atoms with van der Waals surface area (Å²) in [6.07, 6.45) is 3.00. The molecule has 0 amide bonds. The van der Waals surface area contributed by atoms with Gasteiger partial charge < -0.3 is 0 Å². The summed E-state index contributed by atoms with van der Waals surface area (Å²) in [6, 6.07) is 7.03.